The monoisotopic (exact) mass is 268 g/mol. The third-order valence-corrected chi connectivity index (χ3v) is 3.12. The fourth-order valence-corrected chi connectivity index (χ4v) is 1.61. The van der Waals surface area contributed by atoms with Gasteiger partial charge in [0.25, 0.3) is 5.69 Å². The van der Waals surface area contributed by atoms with Crippen molar-refractivity contribution in [1.82, 2.24) is 0 Å². The van der Waals surface area contributed by atoms with Crippen molar-refractivity contribution in [3.63, 3.8) is 0 Å². The molecule has 1 heterocycles. The number of nitro benzene ring substituents is 1. The van der Waals surface area contributed by atoms with E-state index >= 15 is 0 Å². The summed E-state index contributed by atoms with van der Waals surface area (Å²) in [7, 11) is 0. The zero-order chi connectivity index (χ0) is 14.2. The molecule has 1 unspecified atom stereocenters. The molecule has 0 aliphatic carbocycles. The molecule has 0 spiro atoms. The number of fused-ring (bicyclic) bond motifs is 1. The molecule has 0 bridgehead atoms. The smallest absolute Gasteiger partial charge is 0.296 e. The molecule has 0 amide bonds. The van der Waals surface area contributed by atoms with E-state index < -0.39 is 10.5 Å². The molecule has 1 aliphatic rings. The van der Waals surface area contributed by atoms with Crippen LogP contribution in [0.5, 0.6) is 11.5 Å². The summed E-state index contributed by atoms with van der Waals surface area (Å²) in [6.45, 7) is 5.05. The number of ether oxygens (including phenoxy) is 2. The van der Waals surface area contributed by atoms with Crippen LogP contribution in [0.4, 0.5) is 11.4 Å². The fourth-order valence-electron chi connectivity index (χ4n) is 1.61. The Morgan fingerprint density at radius 2 is 2.00 bits per heavy atom. The van der Waals surface area contributed by atoms with E-state index in [2.05, 4.69) is 5.32 Å². The van der Waals surface area contributed by atoms with Gasteiger partial charge in [0.2, 0.25) is 6.79 Å². The Bertz CT molecular complexity index is 510. The summed E-state index contributed by atoms with van der Waals surface area (Å²) in [5, 5.41) is 23.9. The van der Waals surface area contributed by atoms with Gasteiger partial charge in [0.05, 0.1) is 22.6 Å². The van der Waals surface area contributed by atoms with E-state index in [1.54, 1.807) is 20.8 Å². The molecule has 1 aromatic rings. The lowest BCUT2D eigenvalue weighted by Crippen LogP contribution is -2.39. The van der Waals surface area contributed by atoms with Gasteiger partial charge in [0.1, 0.15) is 5.69 Å². The van der Waals surface area contributed by atoms with Gasteiger partial charge in [0.15, 0.2) is 11.5 Å². The van der Waals surface area contributed by atoms with E-state index in [0.29, 0.717) is 17.2 Å². The number of aliphatic hydroxyl groups is 1. The summed E-state index contributed by atoms with van der Waals surface area (Å²) in [4.78, 5) is 10.6. The van der Waals surface area contributed by atoms with Gasteiger partial charge >= 0.3 is 0 Å². The van der Waals surface area contributed by atoms with E-state index in [9.17, 15) is 15.2 Å². The minimum atomic E-state index is -1.01. The molecule has 0 fully saturated rings. The van der Waals surface area contributed by atoms with E-state index in [1.807, 2.05) is 0 Å². The van der Waals surface area contributed by atoms with Crippen LogP contribution >= 0.6 is 0 Å². The van der Waals surface area contributed by atoms with Gasteiger partial charge in [-0.3, -0.25) is 10.1 Å². The molecule has 2 N–H and O–H groups in total. The quantitative estimate of drug-likeness (QED) is 0.639. The van der Waals surface area contributed by atoms with Crippen molar-refractivity contribution in [2.24, 2.45) is 0 Å². The molecule has 0 aromatic heterocycles. The predicted molar refractivity (Wildman–Crippen MR) is 68.6 cm³/mol. The summed E-state index contributed by atoms with van der Waals surface area (Å²) in [5.74, 6) is 0.809. The third-order valence-electron chi connectivity index (χ3n) is 3.12. The van der Waals surface area contributed by atoms with Crippen LogP contribution in [0.3, 0.4) is 0 Å². The van der Waals surface area contributed by atoms with Crippen molar-refractivity contribution >= 4 is 11.4 Å². The van der Waals surface area contributed by atoms with Gasteiger partial charge in [-0.1, -0.05) is 0 Å². The Balaban J connectivity index is 2.36. The van der Waals surface area contributed by atoms with Crippen LogP contribution in [0.1, 0.15) is 20.8 Å². The van der Waals surface area contributed by atoms with Gasteiger partial charge in [-0.05, 0) is 20.8 Å². The molecule has 7 nitrogen and oxygen atoms in total. The molecule has 0 saturated carbocycles. The van der Waals surface area contributed by atoms with Crippen molar-refractivity contribution in [1.29, 1.82) is 0 Å². The molecule has 1 atom stereocenters. The first kappa shape index (κ1) is 13.4. The summed E-state index contributed by atoms with van der Waals surface area (Å²) >= 11 is 0. The Kier molecular flexibility index (Phi) is 3.23. The fraction of sp³-hybridized carbons (Fsp3) is 0.500. The average molecular weight is 268 g/mol. The summed E-state index contributed by atoms with van der Waals surface area (Å²) < 4.78 is 10.3. The van der Waals surface area contributed by atoms with Crippen LogP contribution in [-0.2, 0) is 0 Å². The number of hydrogen-bond acceptors (Lipinski definition) is 6. The highest BCUT2D eigenvalue weighted by atomic mass is 16.7. The van der Waals surface area contributed by atoms with Crippen molar-refractivity contribution in [3.8, 4) is 11.5 Å². The Morgan fingerprint density at radius 3 is 2.53 bits per heavy atom. The zero-order valence-electron chi connectivity index (χ0n) is 11.0. The second-order valence-electron chi connectivity index (χ2n) is 5.00. The third kappa shape index (κ3) is 2.70. The molecular weight excluding hydrogens is 252 g/mol. The largest absolute Gasteiger partial charge is 0.454 e. The Hall–Kier alpha value is -2.02. The number of nitrogens with zero attached hydrogens (tertiary/aromatic N) is 1. The number of rotatable bonds is 4. The maximum Gasteiger partial charge on any atom is 0.296 e. The van der Waals surface area contributed by atoms with E-state index in [-0.39, 0.29) is 18.5 Å². The van der Waals surface area contributed by atoms with E-state index in [4.69, 9.17) is 9.47 Å². The number of nitrogens with one attached hydrogen (secondary N) is 1. The maximum atomic E-state index is 11.1. The van der Waals surface area contributed by atoms with Gasteiger partial charge < -0.3 is 19.9 Å². The van der Waals surface area contributed by atoms with Crippen molar-refractivity contribution < 1.29 is 19.5 Å². The second kappa shape index (κ2) is 4.58. The lowest BCUT2D eigenvalue weighted by Gasteiger charge is -2.27. The van der Waals surface area contributed by atoms with Crippen molar-refractivity contribution in [3.05, 3.63) is 22.2 Å². The van der Waals surface area contributed by atoms with E-state index in [1.165, 1.54) is 12.1 Å². The number of benzene rings is 1. The summed E-state index contributed by atoms with van der Waals surface area (Å²) in [6.07, 6.45) is 0. The first-order valence-corrected chi connectivity index (χ1v) is 5.86. The zero-order valence-corrected chi connectivity index (χ0v) is 11.0. The van der Waals surface area contributed by atoms with Crippen LogP contribution in [0.2, 0.25) is 0 Å². The molecule has 0 saturated heterocycles. The van der Waals surface area contributed by atoms with Crippen LogP contribution in [0.15, 0.2) is 12.1 Å². The Labute approximate surface area is 110 Å². The Morgan fingerprint density at radius 1 is 1.42 bits per heavy atom. The van der Waals surface area contributed by atoms with Crippen LogP contribution in [-0.4, -0.2) is 28.5 Å². The molecule has 1 aromatic carbocycles. The average Bonchev–Trinajstić information content (AvgIpc) is 2.73. The van der Waals surface area contributed by atoms with Gasteiger partial charge in [-0.2, -0.15) is 0 Å². The van der Waals surface area contributed by atoms with Gasteiger partial charge in [-0.15, -0.1) is 0 Å². The lowest BCUT2D eigenvalue weighted by atomic mass is 10.0. The molecule has 7 heteroatoms. The minimum Gasteiger partial charge on any atom is -0.454 e. The number of nitro groups is 1. The minimum absolute atomic E-state index is 0.0526. The first-order valence-electron chi connectivity index (χ1n) is 5.86. The second-order valence-corrected chi connectivity index (χ2v) is 5.00. The number of anilines is 1. The van der Waals surface area contributed by atoms with E-state index in [0.717, 1.165) is 0 Å². The highest BCUT2D eigenvalue weighted by molar-refractivity contribution is 5.69. The summed E-state index contributed by atoms with van der Waals surface area (Å²) in [5.41, 5.74) is -0.825. The summed E-state index contributed by atoms with van der Waals surface area (Å²) in [6, 6.07) is 2.47. The van der Waals surface area contributed by atoms with Crippen LogP contribution in [0.25, 0.3) is 0 Å². The SMILES string of the molecule is CC(Nc1cc2c(cc1[N+](=O)[O-])OCO2)C(C)(C)O. The molecule has 1 aliphatic heterocycles. The molecule has 104 valence electrons. The highest BCUT2D eigenvalue weighted by Crippen LogP contribution is 2.41. The standard InChI is InChI=1S/C12H16N2O5/c1-7(12(2,3)15)13-8-4-10-11(19-6-18-10)5-9(8)14(16)17/h4-5,7,13,15H,6H2,1-3H3. The van der Waals surface area contributed by atoms with Crippen LogP contribution in [0, 0.1) is 10.1 Å². The predicted octanol–water partition coefficient (Wildman–Crippen LogP) is 1.89. The molecular formula is C12H16N2O5. The molecule has 19 heavy (non-hydrogen) atoms. The maximum absolute atomic E-state index is 11.1. The normalized spacial score (nSPS) is 15.2. The van der Waals surface area contributed by atoms with Crippen molar-refractivity contribution in [2.75, 3.05) is 12.1 Å². The molecule has 0 radical (unpaired) electrons. The highest BCUT2D eigenvalue weighted by Gasteiger charge is 2.28. The van der Waals surface area contributed by atoms with Crippen LogP contribution < -0.4 is 14.8 Å². The lowest BCUT2D eigenvalue weighted by molar-refractivity contribution is -0.384. The number of hydrogen-bond donors (Lipinski definition) is 2. The molecule has 2 rings (SSSR count). The first-order chi connectivity index (χ1) is 8.79. The van der Waals surface area contributed by atoms with Gasteiger partial charge in [0, 0.05) is 6.07 Å². The van der Waals surface area contributed by atoms with Crippen molar-refractivity contribution in [2.45, 2.75) is 32.4 Å². The topological polar surface area (TPSA) is 93.9 Å². The van der Waals surface area contributed by atoms with Gasteiger partial charge in [-0.25, -0.2) is 0 Å².